The lowest BCUT2D eigenvalue weighted by atomic mass is 9.92. The zero-order chi connectivity index (χ0) is 15.2. The summed E-state index contributed by atoms with van der Waals surface area (Å²) in [5, 5.41) is 3.43. The van der Waals surface area contributed by atoms with Gasteiger partial charge in [0, 0.05) is 25.6 Å². The van der Waals surface area contributed by atoms with E-state index in [0.29, 0.717) is 23.0 Å². The van der Waals surface area contributed by atoms with Crippen molar-refractivity contribution in [2.45, 2.75) is 32.2 Å². The van der Waals surface area contributed by atoms with Crippen LogP contribution in [0.5, 0.6) is 0 Å². The molecular formula is C16H24ClN3O. The van der Waals surface area contributed by atoms with E-state index in [2.05, 4.69) is 17.1 Å². The first kappa shape index (κ1) is 16.3. The number of likely N-dealkylation sites (tertiary alicyclic amines) is 1. The summed E-state index contributed by atoms with van der Waals surface area (Å²) >= 11 is 6.03. The van der Waals surface area contributed by atoms with Gasteiger partial charge in [-0.25, -0.2) is 0 Å². The molecule has 21 heavy (non-hydrogen) atoms. The normalized spacial score (nSPS) is 21.0. The summed E-state index contributed by atoms with van der Waals surface area (Å²) in [6.45, 7) is 4.90. The molecule has 5 heteroatoms. The number of halogens is 1. The van der Waals surface area contributed by atoms with E-state index in [-0.39, 0.29) is 11.9 Å². The van der Waals surface area contributed by atoms with Gasteiger partial charge in [0.05, 0.1) is 10.7 Å². The Morgan fingerprint density at radius 3 is 3.00 bits per heavy atom. The quantitative estimate of drug-likeness (QED) is 0.879. The number of carbonyl (C=O) groups excluding carboxylic acids is 1. The van der Waals surface area contributed by atoms with Crippen LogP contribution in [0.3, 0.4) is 0 Å². The molecule has 0 saturated carbocycles. The standard InChI is InChI=1S/C16H24ClN3O/c1-12(18)13-5-4-9-20(11-13)10-8-16(21)19-15-7-3-2-6-14(15)17/h2-3,6-7,12-13H,4-5,8-11,18H2,1H3,(H,19,21). The Hall–Kier alpha value is -1.10. The molecule has 0 spiro atoms. The molecule has 0 aliphatic carbocycles. The largest absolute Gasteiger partial charge is 0.328 e. The van der Waals surface area contributed by atoms with Crippen LogP contribution in [0.4, 0.5) is 5.69 Å². The number of anilines is 1. The smallest absolute Gasteiger partial charge is 0.225 e. The van der Waals surface area contributed by atoms with Crippen molar-refractivity contribution < 1.29 is 4.79 Å². The Labute approximate surface area is 131 Å². The molecule has 1 fully saturated rings. The van der Waals surface area contributed by atoms with Crippen molar-refractivity contribution in [3.05, 3.63) is 29.3 Å². The van der Waals surface area contributed by atoms with Gasteiger partial charge < -0.3 is 16.0 Å². The number of carbonyl (C=O) groups is 1. The lowest BCUT2D eigenvalue weighted by Crippen LogP contribution is -2.43. The minimum absolute atomic E-state index is 0.00557. The predicted molar refractivity (Wildman–Crippen MR) is 87.5 cm³/mol. The Bertz CT molecular complexity index is 478. The highest BCUT2D eigenvalue weighted by molar-refractivity contribution is 6.33. The molecule has 1 aromatic rings. The number of nitrogens with one attached hydrogen (secondary N) is 1. The molecule has 0 radical (unpaired) electrons. The average molecular weight is 310 g/mol. The first-order valence-electron chi connectivity index (χ1n) is 7.58. The zero-order valence-corrected chi connectivity index (χ0v) is 13.3. The molecule has 2 rings (SSSR count). The Morgan fingerprint density at radius 1 is 1.52 bits per heavy atom. The van der Waals surface area contributed by atoms with Gasteiger partial charge in [0.1, 0.15) is 0 Å². The van der Waals surface area contributed by atoms with Crippen LogP contribution in [-0.4, -0.2) is 36.5 Å². The van der Waals surface area contributed by atoms with E-state index in [1.165, 1.54) is 12.8 Å². The van der Waals surface area contributed by atoms with Crippen LogP contribution in [0.15, 0.2) is 24.3 Å². The molecule has 116 valence electrons. The maximum Gasteiger partial charge on any atom is 0.225 e. The number of benzene rings is 1. The molecule has 1 aliphatic rings. The number of nitrogens with zero attached hydrogens (tertiary/aromatic N) is 1. The molecule has 1 amide bonds. The summed E-state index contributed by atoms with van der Waals surface area (Å²) in [5.74, 6) is 0.552. The van der Waals surface area contributed by atoms with E-state index in [1.54, 1.807) is 6.07 Å². The molecule has 2 atom stereocenters. The second-order valence-corrected chi connectivity index (χ2v) is 6.25. The number of para-hydroxylation sites is 1. The van der Waals surface area contributed by atoms with Crippen LogP contribution >= 0.6 is 11.6 Å². The molecule has 1 saturated heterocycles. The van der Waals surface area contributed by atoms with Crippen LogP contribution in [0, 0.1) is 5.92 Å². The van der Waals surface area contributed by atoms with Gasteiger partial charge in [-0.3, -0.25) is 4.79 Å². The highest BCUT2D eigenvalue weighted by Crippen LogP contribution is 2.21. The molecule has 3 N–H and O–H groups in total. The number of amides is 1. The van der Waals surface area contributed by atoms with Crippen LogP contribution in [-0.2, 0) is 4.79 Å². The van der Waals surface area contributed by atoms with Gasteiger partial charge in [-0.2, -0.15) is 0 Å². The number of nitrogens with two attached hydrogens (primary N) is 1. The zero-order valence-electron chi connectivity index (χ0n) is 12.5. The van der Waals surface area contributed by atoms with Crippen molar-refractivity contribution in [3.8, 4) is 0 Å². The van der Waals surface area contributed by atoms with Crippen LogP contribution in [0.25, 0.3) is 0 Å². The molecule has 2 unspecified atom stereocenters. The second-order valence-electron chi connectivity index (χ2n) is 5.84. The summed E-state index contributed by atoms with van der Waals surface area (Å²) in [6, 6.07) is 7.52. The lowest BCUT2D eigenvalue weighted by molar-refractivity contribution is -0.116. The van der Waals surface area contributed by atoms with E-state index in [1.807, 2.05) is 18.2 Å². The molecule has 1 aromatic carbocycles. The van der Waals surface area contributed by atoms with Gasteiger partial charge in [0.2, 0.25) is 5.91 Å². The summed E-state index contributed by atoms with van der Waals surface area (Å²) in [4.78, 5) is 14.3. The maximum absolute atomic E-state index is 12.0. The summed E-state index contributed by atoms with van der Waals surface area (Å²) in [5.41, 5.74) is 6.66. The minimum atomic E-state index is 0.00557. The van der Waals surface area contributed by atoms with Crippen LogP contribution in [0.2, 0.25) is 5.02 Å². The van der Waals surface area contributed by atoms with E-state index in [0.717, 1.165) is 19.6 Å². The third-order valence-electron chi connectivity index (χ3n) is 4.09. The van der Waals surface area contributed by atoms with E-state index >= 15 is 0 Å². The van der Waals surface area contributed by atoms with Crippen LogP contribution in [0.1, 0.15) is 26.2 Å². The van der Waals surface area contributed by atoms with Crippen molar-refractivity contribution >= 4 is 23.2 Å². The topological polar surface area (TPSA) is 58.4 Å². The SMILES string of the molecule is CC(N)C1CCCN(CCC(=O)Nc2ccccc2Cl)C1. The van der Waals surface area contributed by atoms with Crippen LogP contribution < -0.4 is 11.1 Å². The number of piperidine rings is 1. The van der Waals surface area contributed by atoms with Gasteiger partial charge in [-0.15, -0.1) is 0 Å². The molecule has 1 heterocycles. The number of rotatable bonds is 5. The van der Waals surface area contributed by atoms with Crippen molar-refractivity contribution in [2.75, 3.05) is 25.0 Å². The fourth-order valence-electron chi connectivity index (χ4n) is 2.76. The summed E-state index contributed by atoms with van der Waals surface area (Å²) in [6.07, 6.45) is 2.84. The third kappa shape index (κ3) is 4.99. The van der Waals surface area contributed by atoms with Gasteiger partial charge in [-0.05, 0) is 44.4 Å². The Kier molecular flexibility index (Phi) is 6.03. The lowest BCUT2D eigenvalue weighted by Gasteiger charge is -2.34. The number of hydrogen-bond donors (Lipinski definition) is 2. The van der Waals surface area contributed by atoms with E-state index in [9.17, 15) is 4.79 Å². The first-order valence-corrected chi connectivity index (χ1v) is 7.96. The summed E-state index contributed by atoms with van der Waals surface area (Å²) < 4.78 is 0. The molecular weight excluding hydrogens is 286 g/mol. The second kappa shape index (κ2) is 7.78. The monoisotopic (exact) mass is 309 g/mol. The van der Waals surface area contributed by atoms with Gasteiger partial charge in [-0.1, -0.05) is 23.7 Å². The van der Waals surface area contributed by atoms with Gasteiger partial charge >= 0.3 is 0 Å². The molecule has 0 bridgehead atoms. The van der Waals surface area contributed by atoms with Crippen molar-refractivity contribution in [3.63, 3.8) is 0 Å². The maximum atomic E-state index is 12.0. The number of hydrogen-bond acceptors (Lipinski definition) is 3. The molecule has 0 aromatic heterocycles. The fourth-order valence-corrected chi connectivity index (χ4v) is 2.94. The van der Waals surface area contributed by atoms with E-state index < -0.39 is 0 Å². The highest BCUT2D eigenvalue weighted by atomic mass is 35.5. The van der Waals surface area contributed by atoms with E-state index in [4.69, 9.17) is 17.3 Å². The van der Waals surface area contributed by atoms with Crippen molar-refractivity contribution in [1.82, 2.24) is 4.90 Å². The van der Waals surface area contributed by atoms with Crippen molar-refractivity contribution in [2.24, 2.45) is 11.7 Å². The fraction of sp³-hybridized carbons (Fsp3) is 0.562. The van der Waals surface area contributed by atoms with Gasteiger partial charge in [0.15, 0.2) is 0 Å². The summed E-state index contributed by atoms with van der Waals surface area (Å²) in [7, 11) is 0. The Morgan fingerprint density at radius 2 is 2.29 bits per heavy atom. The first-order chi connectivity index (χ1) is 10.1. The molecule has 1 aliphatic heterocycles. The van der Waals surface area contributed by atoms with Crippen molar-refractivity contribution in [1.29, 1.82) is 0 Å². The average Bonchev–Trinajstić information content (AvgIpc) is 2.48. The third-order valence-corrected chi connectivity index (χ3v) is 4.42. The van der Waals surface area contributed by atoms with Gasteiger partial charge in [0.25, 0.3) is 0 Å². The predicted octanol–water partition coefficient (Wildman–Crippen LogP) is 2.73. The Balaban J connectivity index is 1.77. The molecule has 4 nitrogen and oxygen atoms in total. The minimum Gasteiger partial charge on any atom is -0.328 e. The highest BCUT2D eigenvalue weighted by Gasteiger charge is 2.22.